The van der Waals surface area contributed by atoms with E-state index in [1.54, 1.807) is 13.2 Å². The van der Waals surface area contributed by atoms with Crippen molar-refractivity contribution in [2.75, 3.05) is 20.3 Å². The lowest BCUT2D eigenvalue weighted by Gasteiger charge is -2.61. The summed E-state index contributed by atoms with van der Waals surface area (Å²) in [5.41, 5.74) is 1.03. The van der Waals surface area contributed by atoms with Gasteiger partial charge < -0.3 is 25.2 Å². The van der Waals surface area contributed by atoms with E-state index in [2.05, 4.69) is 29.5 Å². The van der Waals surface area contributed by atoms with E-state index >= 15 is 0 Å². The highest BCUT2D eigenvalue weighted by Crippen LogP contribution is 2.57. The fourth-order valence-electron chi connectivity index (χ4n) is 4.15. The smallest absolute Gasteiger partial charge is 0.191 e. The second-order valence-electron chi connectivity index (χ2n) is 7.13. The number of guanidine groups is 1. The summed E-state index contributed by atoms with van der Waals surface area (Å²) in [5.74, 6) is 1.42. The summed E-state index contributed by atoms with van der Waals surface area (Å²) in [7, 11) is 1.55. The molecule has 1 spiro atoms. The Morgan fingerprint density at radius 2 is 2.15 bits per heavy atom. The number of hydrogen-bond acceptors (Lipinski definition) is 4. The molecule has 0 amide bonds. The highest BCUT2D eigenvalue weighted by Gasteiger charge is 2.59. The number of nitrogens with zero attached hydrogens (tertiary/aromatic N) is 1. The van der Waals surface area contributed by atoms with Crippen molar-refractivity contribution in [2.24, 2.45) is 10.4 Å². The van der Waals surface area contributed by atoms with Crippen molar-refractivity contribution >= 4 is 5.96 Å². The Bertz CT molecular complexity index is 643. The van der Waals surface area contributed by atoms with Crippen molar-refractivity contribution < 1.29 is 14.6 Å². The van der Waals surface area contributed by atoms with E-state index in [0.717, 1.165) is 31.1 Å². The standard InChI is InChI=1S/C20H31N3O3/c1-4-21-19(22-13-14-8-6-9-15(25-3)18(14)24)23-16-12-17(26-5-2)20(16)10-7-11-20/h6,8-9,16-17,24H,4-5,7,10-13H2,1-3H3,(H2,21,22,23). The number of ether oxygens (including phenoxy) is 2. The van der Waals surface area contributed by atoms with Gasteiger partial charge in [0.1, 0.15) is 0 Å². The Labute approximate surface area is 156 Å². The molecule has 0 bridgehead atoms. The van der Waals surface area contributed by atoms with Crippen molar-refractivity contribution in [3.8, 4) is 11.5 Å². The molecular weight excluding hydrogens is 330 g/mol. The lowest BCUT2D eigenvalue weighted by atomic mass is 9.51. The Morgan fingerprint density at radius 3 is 2.77 bits per heavy atom. The van der Waals surface area contributed by atoms with Crippen LogP contribution >= 0.6 is 0 Å². The maximum atomic E-state index is 10.2. The van der Waals surface area contributed by atoms with E-state index in [4.69, 9.17) is 9.47 Å². The first-order valence-corrected chi connectivity index (χ1v) is 9.66. The number of nitrogens with one attached hydrogen (secondary N) is 2. The lowest BCUT2D eigenvalue weighted by molar-refractivity contribution is -0.168. The second kappa shape index (κ2) is 8.16. The average Bonchev–Trinajstić information content (AvgIpc) is 2.58. The van der Waals surface area contributed by atoms with Crippen LogP contribution in [0, 0.1) is 5.41 Å². The van der Waals surface area contributed by atoms with Crippen LogP contribution in [0.5, 0.6) is 11.5 Å². The molecule has 1 aromatic carbocycles. The fourth-order valence-corrected chi connectivity index (χ4v) is 4.15. The number of phenols is 1. The zero-order valence-electron chi connectivity index (χ0n) is 16.0. The molecule has 26 heavy (non-hydrogen) atoms. The van der Waals surface area contributed by atoms with Crippen molar-refractivity contribution in [1.29, 1.82) is 0 Å². The minimum absolute atomic E-state index is 0.158. The Kier molecular flexibility index (Phi) is 5.91. The normalized spacial score (nSPS) is 23.9. The quantitative estimate of drug-likeness (QED) is 0.514. The van der Waals surface area contributed by atoms with E-state index < -0.39 is 0 Å². The third-order valence-corrected chi connectivity index (χ3v) is 5.80. The predicted molar refractivity (Wildman–Crippen MR) is 103 cm³/mol. The van der Waals surface area contributed by atoms with Gasteiger partial charge in [0.05, 0.1) is 19.8 Å². The highest BCUT2D eigenvalue weighted by atomic mass is 16.5. The Hall–Kier alpha value is -1.95. The van der Waals surface area contributed by atoms with Gasteiger partial charge in [-0.2, -0.15) is 0 Å². The molecule has 0 aromatic heterocycles. The van der Waals surface area contributed by atoms with Crippen LogP contribution in [0.3, 0.4) is 0 Å². The van der Waals surface area contributed by atoms with E-state index in [0.29, 0.717) is 24.4 Å². The van der Waals surface area contributed by atoms with Gasteiger partial charge in [-0.3, -0.25) is 0 Å². The predicted octanol–water partition coefficient (Wildman–Crippen LogP) is 2.80. The van der Waals surface area contributed by atoms with Crippen molar-refractivity contribution in [2.45, 2.75) is 58.2 Å². The molecule has 2 saturated carbocycles. The molecule has 3 rings (SSSR count). The molecule has 0 aliphatic heterocycles. The first-order valence-electron chi connectivity index (χ1n) is 9.66. The molecule has 0 heterocycles. The van der Waals surface area contributed by atoms with Gasteiger partial charge in [-0.05, 0) is 39.2 Å². The number of benzene rings is 1. The third-order valence-electron chi connectivity index (χ3n) is 5.80. The number of methoxy groups -OCH3 is 1. The van der Waals surface area contributed by atoms with Gasteiger partial charge in [-0.1, -0.05) is 18.6 Å². The van der Waals surface area contributed by atoms with E-state index in [1.165, 1.54) is 19.3 Å². The van der Waals surface area contributed by atoms with Gasteiger partial charge in [-0.25, -0.2) is 4.99 Å². The summed E-state index contributed by atoms with van der Waals surface area (Å²) >= 11 is 0. The summed E-state index contributed by atoms with van der Waals surface area (Å²) in [5, 5.41) is 17.2. The van der Waals surface area contributed by atoms with Gasteiger partial charge in [0.25, 0.3) is 0 Å². The zero-order chi connectivity index (χ0) is 18.6. The highest BCUT2D eigenvalue weighted by molar-refractivity contribution is 5.80. The largest absolute Gasteiger partial charge is 0.504 e. The second-order valence-corrected chi connectivity index (χ2v) is 7.13. The number of para-hydroxylation sites is 1. The molecule has 0 saturated heterocycles. The van der Waals surface area contributed by atoms with Crippen LogP contribution in [0.25, 0.3) is 0 Å². The topological polar surface area (TPSA) is 75.1 Å². The number of aliphatic imine (C=N–C) groups is 1. The van der Waals surface area contributed by atoms with Crippen LogP contribution in [0.1, 0.15) is 45.1 Å². The Balaban J connectivity index is 1.67. The van der Waals surface area contributed by atoms with Crippen LogP contribution in [0.4, 0.5) is 0 Å². The summed E-state index contributed by atoms with van der Waals surface area (Å²) < 4.78 is 11.1. The van der Waals surface area contributed by atoms with Gasteiger partial charge in [0.2, 0.25) is 0 Å². The molecule has 3 N–H and O–H groups in total. The molecule has 2 atom stereocenters. The van der Waals surface area contributed by atoms with Gasteiger partial charge in [0, 0.05) is 30.2 Å². The first kappa shape index (κ1) is 18.8. The number of aromatic hydroxyl groups is 1. The number of phenolic OH excluding ortho intramolecular Hbond substituents is 1. The van der Waals surface area contributed by atoms with E-state index in [9.17, 15) is 5.11 Å². The summed E-state index contributed by atoms with van der Waals surface area (Å²) in [6.07, 6.45) is 5.15. The van der Waals surface area contributed by atoms with Crippen LogP contribution in [-0.4, -0.2) is 43.5 Å². The third kappa shape index (κ3) is 3.47. The van der Waals surface area contributed by atoms with Gasteiger partial charge in [0.15, 0.2) is 17.5 Å². The molecule has 144 valence electrons. The molecule has 2 aliphatic rings. The maximum Gasteiger partial charge on any atom is 0.191 e. The van der Waals surface area contributed by atoms with Crippen LogP contribution < -0.4 is 15.4 Å². The number of hydrogen-bond donors (Lipinski definition) is 3. The summed E-state index contributed by atoms with van der Waals surface area (Å²) in [6, 6.07) is 5.89. The van der Waals surface area contributed by atoms with Gasteiger partial charge >= 0.3 is 0 Å². The summed E-state index contributed by atoms with van der Waals surface area (Å²) in [4.78, 5) is 4.67. The molecule has 2 fully saturated rings. The monoisotopic (exact) mass is 361 g/mol. The molecule has 2 unspecified atom stereocenters. The van der Waals surface area contributed by atoms with E-state index in [-0.39, 0.29) is 11.2 Å². The van der Waals surface area contributed by atoms with E-state index in [1.807, 2.05) is 12.1 Å². The molecule has 0 radical (unpaired) electrons. The zero-order valence-corrected chi connectivity index (χ0v) is 16.0. The van der Waals surface area contributed by atoms with Crippen LogP contribution in [0.15, 0.2) is 23.2 Å². The molecular formula is C20H31N3O3. The van der Waals surface area contributed by atoms with Crippen LogP contribution in [0.2, 0.25) is 0 Å². The molecule has 6 heteroatoms. The molecule has 2 aliphatic carbocycles. The Morgan fingerprint density at radius 1 is 1.35 bits per heavy atom. The average molecular weight is 361 g/mol. The van der Waals surface area contributed by atoms with Crippen LogP contribution in [-0.2, 0) is 11.3 Å². The summed E-state index contributed by atoms with van der Waals surface area (Å²) in [6.45, 7) is 6.10. The van der Waals surface area contributed by atoms with Crippen molar-refractivity contribution in [1.82, 2.24) is 10.6 Å². The SMILES string of the molecule is CCNC(=NCc1cccc(OC)c1O)NC1CC(OCC)C12CCC2. The number of rotatable bonds is 7. The van der Waals surface area contributed by atoms with Crippen molar-refractivity contribution in [3.63, 3.8) is 0 Å². The molecule has 6 nitrogen and oxygen atoms in total. The van der Waals surface area contributed by atoms with Crippen molar-refractivity contribution in [3.05, 3.63) is 23.8 Å². The first-order chi connectivity index (χ1) is 12.6. The maximum absolute atomic E-state index is 10.2. The molecule has 1 aromatic rings. The minimum Gasteiger partial charge on any atom is -0.504 e. The van der Waals surface area contributed by atoms with Gasteiger partial charge in [-0.15, -0.1) is 0 Å². The minimum atomic E-state index is 0.158. The fraction of sp³-hybridized carbons (Fsp3) is 0.650. The lowest BCUT2D eigenvalue weighted by Crippen LogP contribution is -2.68.